The smallest absolute Gasteiger partial charge is 0.228 e. The van der Waals surface area contributed by atoms with Gasteiger partial charge >= 0.3 is 0 Å². The van der Waals surface area contributed by atoms with Crippen molar-refractivity contribution >= 4 is 55.4 Å². The summed E-state index contributed by atoms with van der Waals surface area (Å²) in [5, 5.41) is 1.36. The van der Waals surface area contributed by atoms with Crippen molar-refractivity contribution in [3.05, 3.63) is 81.1 Å². The summed E-state index contributed by atoms with van der Waals surface area (Å²) in [6.45, 7) is 2.82. The molecule has 0 spiro atoms. The molecule has 0 aliphatic rings. The Morgan fingerprint density at radius 2 is 0.933 bits per heavy atom. The van der Waals surface area contributed by atoms with E-state index in [1.807, 2.05) is 0 Å². The van der Waals surface area contributed by atoms with Crippen molar-refractivity contribution in [3.8, 4) is 0 Å². The summed E-state index contributed by atoms with van der Waals surface area (Å²) in [5.41, 5.74) is 1.15. The van der Waals surface area contributed by atoms with Crippen molar-refractivity contribution in [3.63, 3.8) is 0 Å². The van der Waals surface area contributed by atoms with Crippen LogP contribution in [0.4, 0.5) is 0 Å². The van der Waals surface area contributed by atoms with Crippen LogP contribution in [0.25, 0.3) is 43.6 Å². The second-order valence-corrected chi connectivity index (χ2v) is 7.29. The molecule has 6 nitrogen and oxygen atoms in total. The second kappa shape index (κ2) is 6.22. The molecule has 6 heteroatoms. The maximum Gasteiger partial charge on any atom is 0.228 e. The molecule has 0 bridgehead atoms. The molecule has 0 unspecified atom stereocenters. The predicted octanol–water partition coefficient (Wildman–Crippen LogP) is 3.94. The monoisotopic (exact) mass is 396 g/mol. The molecule has 2 heterocycles. The molecule has 0 aliphatic heterocycles. The van der Waals surface area contributed by atoms with E-state index in [0.29, 0.717) is 32.8 Å². The molecular weight excluding hydrogens is 380 g/mol. The lowest BCUT2D eigenvalue weighted by molar-refractivity contribution is 0.0936. The Kier molecular flexibility index (Phi) is 3.73. The van der Waals surface area contributed by atoms with E-state index in [4.69, 9.17) is 0 Å². The Balaban J connectivity index is 2.16. The van der Waals surface area contributed by atoms with Gasteiger partial charge in [-0.05, 0) is 36.4 Å². The number of aromatic nitrogens is 2. The third-order valence-corrected chi connectivity index (χ3v) is 5.49. The Hall–Kier alpha value is -4.06. The quantitative estimate of drug-likeness (QED) is 0.372. The minimum Gasteiger partial charge on any atom is -0.288 e. The highest BCUT2D eigenvalue weighted by atomic mass is 16.2. The van der Waals surface area contributed by atoms with E-state index in [1.54, 1.807) is 60.7 Å². The van der Waals surface area contributed by atoms with Gasteiger partial charge in [-0.25, -0.2) is 0 Å². The number of hydrogen-bond donors (Lipinski definition) is 0. The van der Waals surface area contributed by atoms with Gasteiger partial charge in [-0.3, -0.25) is 28.3 Å². The molecule has 0 saturated carbocycles. The number of nitrogens with zero attached hydrogens (tertiary/aromatic N) is 2. The van der Waals surface area contributed by atoms with E-state index in [2.05, 4.69) is 0 Å². The first-order chi connectivity index (χ1) is 14.4. The Morgan fingerprint density at radius 1 is 0.567 bits per heavy atom. The summed E-state index contributed by atoms with van der Waals surface area (Å²) in [4.78, 5) is 51.5. The van der Waals surface area contributed by atoms with Gasteiger partial charge in [0, 0.05) is 35.4 Å². The number of fused-ring (bicyclic) bond motifs is 4. The molecule has 5 aromatic rings. The zero-order valence-electron chi connectivity index (χ0n) is 16.3. The van der Waals surface area contributed by atoms with Crippen LogP contribution in [-0.4, -0.2) is 20.9 Å². The Morgan fingerprint density at radius 3 is 1.30 bits per heavy atom. The topological polar surface area (TPSA) is 78.1 Å². The first-order valence-corrected chi connectivity index (χ1v) is 9.47. The van der Waals surface area contributed by atoms with Gasteiger partial charge in [0.25, 0.3) is 0 Å². The third kappa shape index (κ3) is 2.30. The van der Waals surface area contributed by atoms with E-state index in [9.17, 15) is 19.2 Å². The van der Waals surface area contributed by atoms with Crippen LogP contribution in [0.3, 0.4) is 0 Å². The molecule has 2 aromatic heterocycles. The SMILES string of the molecule is CC(=O)n1c2ccccc2c(=O)c2cc3c(cc21)c(=O)c1ccccc1n3C(C)=O. The third-order valence-electron chi connectivity index (χ3n) is 5.49. The van der Waals surface area contributed by atoms with Crippen molar-refractivity contribution in [1.82, 2.24) is 9.13 Å². The average molecular weight is 396 g/mol. The molecule has 3 aromatic carbocycles. The molecule has 0 saturated heterocycles. The largest absolute Gasteiger partial charge is 0.288 e. The molecular formula is C24H16N2O4. The van der Waals surface area contributed by atoms with E-state index in [-0.39, 0.29) is 33.4 Å². The number of carbonyl (C=O) groups excluding carboxylic acids is 2. The minimum atomic E-state index is -0.275. The normalized spacial score (nSPS) is 11.5. The van der Waals surface area contributed by atoms with Crippen molar-refractivity contribution in [2.45, 2.75) is 13.8 Å². The Bertz CT molecular complexity index is 1560. The van der Waals surface area contributed by atoms with Gasteiger partial charge in [0.1, 0.15) is 0 Å². The molecule has 0 atom stereocenters. The average Bonchev–Trinajstić information content (AvgIpc) is 2.73. The molecule has 146 valence electrons. The first-order valence-electron chi connectivity index (χ1n) is 9.47. The number of pyridine rings is 2. The minimum absolute atomic E-state index is 0.254. The predicted molar refractivity (Wildman–Crippen MR) is 118 cm³/mol. The van der Waals surface area contributed by atoms with Gasteiger partial charge in [-0.1, -0.05) is 24.3 Å². The molecule has 0 amide bonds. The highest BCUT2D eigenvalue weighted by Crippen LogP contribution is 2.26. The lowest BCUT2D eigenvalue weighted by Crippen LogP contribution is -2.19. The van der Waals surface area contributed by atoms with Crippen molar-refractivity contribution < 1.29 is 9.59 Å². The molecule has 0 aliphatic carbocycles. The van der Waals surface area contributed by atoms with Crippen molar-refractivity contribution in [2.24, 2.45) is 0 Å². The lowest BCUT2D eigenvalue weighted by Gasteiger charge is -2.16. The summed E-state index contributed by atoms with van der Waals surface area (Å²) >= 11 is 0. The standard InChI is InChI=1S/C24H16N2O4/c1-13(27)25-19-9-5-3-7-15(19)23(29)17-12-22-18(11-21(17)25)24(30)16-8-4-6-10-20(16)26(22)14(2)28/h3-12H,1-2H3. The van der Waals surface area contributed by atoms with Gasteiger partial charge in [-0.15, -0.1) is 0 Å². The van der Waals surface area contributed by atoms with E-state index in [0.717, 1.165) is 0 Å². The summed E-state index contributed by atoms with van der Waals surface area (Å²) in [7, 11) is 0. The van der Waals surface area contributed by atoms with E-state index in [1.165, 1.54) is 23.0 Å². The van der Waals surface area contributed by atoms with Crippen LogP contribution in [-0.2, 0) is 0 Å². The molecule has 0 N–H and O–H groups in total. The van der Waals surface area contributed by atoms with Crippen molar-refractivity contribution in [1.29, 1.82) is 0 Å². The fourth-order valence-corrected chi connectivity index (χ4v) is 4.26. The summed E-state index contributed by atoms with van der Waals surface area (Å²) in [6, 6.07) is 16.8. The van der Waals surface area contributed by atoms with Crippen LogP contribution < -0.4 is 10.9 Å². The molecule has 0 fully saturated rings. The van der Waals surface area contributed by atoms with Gasteiger partial charge in [0.2, 0.25) is 11.8 Å². The van der Waals surface area contributed by atoms with Crippen molar-refractivity contribution in [2.75, 3.05) is 0 Å². The van der Waals surface area contributed by atoms with Crippen LogP contribution >= 0.6 is 0 Å². The highest BCUT2D eigenvalue weighted by molar-refractivity contribution is 6.10. The molecule has 5 rings (SSSR count). The highest BCUT2D eigenvalue weighted by Gasteiger charge is 2.18. The van der Waals surface area contributed by atoms with Crippen LogP contribution in [0.5, 0.6) is 0 Å². The second-order valence-electron chi connectivity index (χ2n) is 7.29. The first kappa shape index (κ1) is 18.0. The zero-order chi connectivity index (χ0) is 21.2. The number of para-hydroxylation sites is 2. The number of carbonyl (C=O) groups is 2. The number of rotatable bonds is 0. The maximum atomic E-state index is 13.2. The molecule has 30 heavy (non-hydrogen) atoms. The van der Waals surface area contributed by atoms with Crippen LogP contribution in [0.2, 0.25) is 0 Å². The van der Waals surface area contributed by atoms with Gasteiger partial charge < -0.3 is 0 Å². The van der Waals surface area contributed by atoms with Crippen LogP contribution in [0, 0.1) is 0 Å². The van der Waals surface area contributed by atoms with Crippen LogP contribution in [0.1, 0.15) is 23.4 Å². The fraction of sp³-hybridized carbons (Fsp3) is 0.0833. The molecule has 0 radical (unpaired) electrons. The summed E-state index contributed by atoms with van der Waals surface area (Å²) in [6.07, 6.45) is 0. The van der Waals surface area contributed by atoms with E-state index < -0.39 is 0 Å². The maximum absolute atomic E-state index is 13.2. The zero-order valence-corrected chi connectivity index (χ0v) is 16.3. The summed E-state index contributed by atoms with van der Waals surface area (Å²) in [5.74, 6) is -0.550. The fourth-order valence-electron chi connectivity index (χ4n) is 4.26. The van der Waals surface area contributed by atoms with Crippen LogP contribution in [0.15, 0.2) is 70.3 Å². The number of benzene rings is 3. The van der Waals surface area contributed by atoms with Gasteiger partial charge in [0.05, 0.1) is 22.1 Å². The van der Waals surface area contributed by atoms with Gasteiger partial charge in [0.15, 0.2) is 10.9 Å². The van der Waals surface area contributed by atoms with E-state index >= 15 is 0 Å². The van der Waals surface area contributed by atoms with Gasteiger partial charge in [-0.2, -0.15) is 0 Å². The summed E-state index contributed by atoms with van der Waals surface area (Å²) < 4.78 is 2.89. The Labute approximate surface area is 169 Å². The lowest BCUT2D eigenvalue weighted by atomic mass is 10.0. The number of hydrogen-bond acceptors (Lipinski definition) is 4.